The molecule has 4 unspecified atom stereocenters. The Labute approximate surface area is 162 Å². The Morgan fingerprint density at radius 1 is 1.12 bits per heavy atom. The molecule has 4 rings (SSSR count). The number of ketones is 1. The van der Waals surface area contributed by atoms with Crippen LogP contribution in [0.1, 0.15) is 78.1 Å². The van der Waals surface area contributed by atoms with E-state index in [0.29, 0.717) is 28.9 Å². The Balaban J connectivity index is 1.48. The van der Waals surface area contributed by atoms with E-state index < -0.39 is 11.2 Å². The van der Waals surface area contributed by atoms with Gasteiger partial charge in [-0.25, -0.2) is 0 Å². The maximum atomic E-state index is 12.7. The smallest absolute Gasteiger partial charge is 0.139 e. The number of nitrogens with two attached hydrogens (primary N) is 1. The Bertz CT molecular complexity index is 554. The fraction of sp³-hybridized carbons (Fsp3) is 0.955. The number of Topliss-reactive ketones (excluding diaryl/α,β-unsaturated/α-hetero) is 1. The fourth-order valence-electron chi connectivity index (χ4n) is 7.62. The predicted molar refractivity (Wildman–Crippen MR) is 107 cm³/mol. The van der Waals surface area contributed by atoms with Crippen LogP contribution in [-0.2, 0) is 16.0 Å². The van der Waals surface area contributed by atoms with Gasteiger partial charge in [-0.3, -0.25) is 4.79 Å². The Kier molecular flexibility index (Phi) is 5.24. The number of hydrogen-bond donors (Lipinski definition) is 1. The molecule has 4 aliphatic rings. The summed E-state index contributed by atoms with van der Waals surface area (Å²) in [5, 5.41) is 0.401. The maximum Gasteiger partial charge on any atom is 0.139 e. The van der Waals surface area contributed by atoms with Gasteiger partial charge in [0.2, 0.25) is 0 Å². The van der Waals surface area contributed by atoms with Gasteiger partial charge in [-0.2, -0.15) is 0 Å². The van der Waals surface area contributed by atoms with E-state index in [0.717, 1.165) is 62.0 Å². The molecule has 26 heavy (non-hydrogen) atoms. The van der Waals surface area contributed by atoms with Crippen LogP contribution in [0.25, 0.3) is 0 Å². The summed E-state index contributed by atoms with van der Waals surface area (Å²) in [6, 6.07) is 0. The van der Waals surface area contributed by atoms with Crippen LogP contribution in [0.5, 0.6) is 0 Å². The van der Waals surface area contributed by atoms with Gasteiger partial charge in [0.25, 0.3) is 0 Å². The fourth-order valence-corrected chi connectivity index (χ4v) is 9.23. The highest BCUT2D eigenvalue weighted by molar-refractivity contribution is 7.92. The highest BCUT2D eigenvalue weighted by Gasteiger charge is 2.60. The monoisotopic (exact) mass is 379 g/mol. The molecule has 0 spiro atoms. The van der Waals surface area contributed by atoms with Crippen LogP contribution in [0.15, 0.2) is 0 Å². The maximum absolute atomic E-state index is 12.7. The minimum Gasteiger partial charge on any atom is -0.616 e. The molecule has 4 fully saturated rings. The van der Waals surface area contributed by atoms with Gasteiger partial charge in [-0.1, -0.05) is 25.0 Å². The van der Waals surface area contributed by atoms with Gasteiger partial charge in [0.15, 0.2) is 0 Å². The van der Waals surface area contributed by atoms with E-state index in [4.69, 9.17) is 5.73 Å². The summed E-state index contributed by atoms with van der Waals surface area (Å²) in [6.45, 7) is 5.48. The molecule has 0 heterocycles. The molecule has 3 nitrogen and oxygen atoms in total. The summed E-state index contributed by atoms with van der Waals surface area (Å²) in [6.07, 6.45) is 11.4. The average molecular weight is 380 g/mol. The third kappa shape index (κ3) is 2.90. The van der Waals surface area contributed by atoms with E-state index in [1.807, 2.05) is 0 Å². The standard InChI is InChI=1S/C22H37NO2S/c1-21-10-8-16(26(25)13-3-12-23)14-15(21)4-5-17-18-6-7-20(24)22(18,2)11-9-19(17)21/h15-19H,3-14,23H2,1-2H3/t15?,16-,17?,18?,19?,21+,22+,26+/m1/s1. The van der Waals surface area contributed by atoms with Crippen LogP contribution in [0.2, 0.25) is 0 Å². The lowest BCUT2D eigenvalue weighted by molar-refractivity contribution is -0.138. The van der Waals surface area contributed by atoms with E-state index in [2.05, 4.69) is 13.8 Å². The van der Waals surface area contributed by atoms with E-state index in [-0.39, 0.29) is 5.41 Å². The summed E-state index contributed by atoms with van der Waals surface area (Å²) in [4.78, 5) is 12.5. The van der Waals surface area contributed by atoms with Crippen LogP contribution in [0.3, 0.4) is 0 Å². The molecule has 0 amide bonds. The van der Waals surface area contributed by atoms with Crippen molar-refractivity contribution in [1.29, 1.82) is 0 Å². The number of carbonyl (C=O) groups is 1. The van der Waals surface area contributed by atoms with Crippen LogP contribution in [-0.4, -0.2) is 27.9 Å². The lowest BCUT2D eigenvalue weighted by Gasteiger charge is -2.60. The topological polar surface area (TPSA) is 66.2 Å². The number of rotatable bonds is 4. The first kappa shape index (κ1) is 19.3. The van der Waals surface area contributed by atoms with E-state index >= 15 is 0 Å². The third-order valence-corrected chi connectivity index (χ3v) is 11.1. The zero-order chi connectivity index (χ0) is 18.5. The second-order valence-electron chi connectivity index (χ2n) is 10.2. The first-order valence-corrected chi connectivity index (χ1v) is 12.4. The highest BCUT2D eigenvalue weighted by atomic mass is 32.2. The second kappa shape index (κ2) is 7.08. The normalized spacial score (nSPS) is 49.2. The highest BCUT2D eigenvalue weighted by Crippen LogP contribution is 2.65. The first-order valence-electron chi connectivity index (χ1n) is 11.0. The van der Waals surface area contributed by atoms with Crippen molar-refractivity contribution in [2.24, 2.45) is 40.2 Å². The molecule has 2 N–H and O–H groups in total. The van der Waals surface area contributed by atoms with Crippen molar-refractivity contribution in [3.63, 3.8) is 0 Å². The largest absolute Gasteiger partial charge is 0.616 e. The van der Waals surface area contributed by atoms with Crippen molar-refractivity contribution in [2.45, 2.75) is 83.3 Å². The van der Waals surface area contributed by atoms with Gasteiger partial charge in [-0.05, 0) is 87.0 Å². The van der Waals surface area contributed by atoms with Crippen molar-refractivity contribution >= 4 is 17.0 Å². The Morgan fingerprint density at radius 2 is 1.92 bits per heavy atom. The van der Waals surface area contributed by atoms with Gasteiger partial charge >= 0.3 is 0 Å². The molecule has 4 heteroatoms. The van der Waals surface area contributed by atoms with Crippen molar-refractivity contribution in [1.82, 2.24) is 0 Å². The SMILES string of the molecule is C[C@]12CC[C@@H]([S@@+]([O-])CCCN)CC1CCC1C2CC[C@]2(C)C(=O)CCC12. The molecule has 0 saturated heterocycles. The van der Waals surface area contributed by atoms with Crippen LogP contribution in [0, 0.1) is 34.5 Å². The van der Waals surface area contributed by atoms with Crippen LogP contribution >= 0.6 is 0 Å². The van der Waals surface area contributed by atoms with Crippen LogP contribution < -0.4 is 5.73 Å². The summed E-state index contributed by atoms with van der Waals surface area (Å²) >= 11 is -0.690. The number of hydrogen-bond acceptors (Lipinski definition) is 3. The molecule has 4 saturated carbocycles. The lowest BCUT2D eigenvalue weighted by Crippen LogP contribution is -2.54. The Morgan fingerprint density at radius 3 is 2.69 bits per heavy atom. The van der Waals surface area contributed by atoms with Gasteiger partial charge in [-0.15, -0.1) is 0 Å². The number of fused-ring (bicyclic) bond motifs is 5. The Hall–Kier alpha value is -0.0600. The van der Waals surface area contributed by atoms with E-state index in [1.54, 1.807) is 0 Å². The van der Waals surface area contributed by atoms with Gasteiger partial charge in [0.1, 0.15) is 16.8 Å². The zero-order valence-electron chi connectivity index (χ0n) is 16.7. The van der Waals surface area contributed by atoms with Crippen molar-refractivity contribution in [3.05, 3.63) is 0 Å². The molecule has 0 aromatic heterocycles. The molecule has 0 aliphatic heterocycles. The summed E-state index contributed by atoms with van der Waals surface area (Å²) < 4.78 is 12.7. The van der Waals surface area contributed by atoms with Gasteiger partial charge in [0, 0.05) is 18.3 Å². The van der Waals surface area contributed by atoms with E-state index in [1.165, 1.54) is 25.7 Å². The minimum absolute atomic E-state index is 0.00865. The predicted octanol–water partition coefficient (Wildman–Crippen LogP) is 4.06. The molecular formula is C22H37NO2S. The average Bonchev–Trinajstić information content (AvgIpc) is 2.94. The van der Waals surface area contributed by atoms with E-state index in [9.17, 15) is 9.35 Å². The number of carbonyl (C=O) groups excluding carboxylic acids is 1. The van der Waals surface area contributed by atoms with Crippen molar-refractivity contribution in [2.75, 3.05) is 12.3 Å². The quantitative estimate of drug-likeness (QED) is 0.749. The molecule has 0 aromatic rings. The summed E-state index contributed by atoms with van der Waals surface area (Å²) in [7, 11) is 0. The first-order chi connectivity index (χ1) is 12.4. The molecule has 4 aliphatic carbocycles. The molecule has 148 valence electrons. The van der Waals surface area contributed by atoms with Crippen molar-refractivity contribution < 1.29 is 9.35 Å². The molecular weight excluding hydrogens is 342 g/mol. The zero-order valence-corrected chi connectivity index (χ0v) is 17.5. The van der Waals surface area contributed by atoms with Crippen LogP contribution in [0.4, 0.5) is 0 Å². The molecule has 0 radical (unpaired) electrons. The molecule has 0 aromatic carbocycles. The summed E-state index contributed by atoms with van der Waals surface area (Å²) in [5.74, 6) is 4.28. The molecule has 0 bridgehead atoms. The van der Waals surface area contributed by atoms with Gasteiger partial charge in [0.05, 0.1) is 0 Å². The summed E-state index contributed by atoms with van der Waals surface area (Å²) in [5.41, 5.74) is 6.02. The van der Waals surface area contributed by atoms with Gasteiger partial charge < -0.3 is 10.3 Å². The minimum atomic E-state index is -0.690. The third-order valence-electron chi connectivity index (χ3n) is 9.25. The molecule has 8 atom stereocenters. The second-order valence-corrected chi connectivity index (χ2v) is 12.0. The van der Waals surface area contributed by atoms with Crippen molar-refractivity contribution in [3.8, 4) is 0 Å². The lowest BCUT2D eigenvalue weighted by atomic mass is 9.45.